The molecule has 0 aliphatic rings. The summed E-state index contributed by atoms with van der Waals surface area (Å²) in [7, 11) is 0. The third-order valence-electron chi connectivity index (χ3n) is 4.07. The van der Waals surface area contributed by atoms with Gasteiger partial charge in [-0.05, 0) is 24.5 Å². The maximum Gasteiger partial charge on any atom is 0.308 e. The van der Waals surface area contributed by atoms with Crippen LogP contribution in [-0.4, -0.2) is 32.4 Å². The molecule has 7 nitrogen and oxygen atoms in total. The topological polar surface area (TPSA) is 90.4 Å². The van der Waals surface area contributed by atoms with Gasteiger partial charge in [-0.1, -0.05) is 23.5 Å². The summed E-state index contributed by atoms with van der Waals surface area (Å²) in [4.78, 5) is 32.6. The number of hydrogen-bond acceptors (Lipinski definition) is 7. The van der Waals surface area contributed by atoms with Gasteiger partial charge in [-0.3, -0.25) is 14.9 Å². The van der Waals surface area contributed by atoms with E-state index in [4.69, 9.17) is 0 Å². The first-order chi connectivity index (χ1) is 13.6. The molecule has 0 bridgehead atoms. The summed E-state index contributed by atoms with van der Waals surface area (Å²) in [6.07, 6.45) is 2.00. The Morgan fingerprint density at radius 2 is 2.07 bits per heavy atom. The minimum Gasteiger partial charge on any atom is -0.315 e. The lowest BCUT2D eigenvalue weighted by Gasteiger charge is -2.03. The van der Waals surface area contributed by atoms with Gasteiger partial charge in [0.15, 0.2) is 9.81 Å². The monoisotopic (exact) mass is 430 g/mol. The van der Waals surface area contributed by atoms with Gasteiger partial charge in [0.1, 0.15) is 0 Å². The van der Waals surface area contributed by atoms with E-state index in [1.54, 1.807) is 17.8 Å². The second kappa shape index (κ2) is 7.82. The highest BCUT2D eigenvalue weighted by Crippen LogP contribution is 2.24. The Hall–Kier alpha value is -2.56. The lowest BCUT2D eigenvalue weighted by atomic mass is 10.3. The molecule has 0 radical (unpaired) electrons. The van der Waals surface area contributed by atoms with Crippen molar-refractivity contribution in [1.29, 1.82) is 0 Å². The number of amides is 1. The van der Waals surface area contributed by atoms with Gasteiger partial charge in [-0.2, -0.15) is 16.8 Å². The predicted molar refractivity (Wildman–Crippen MR) is 114 cm³/mol. The van der Waals surface area contributed by atoms with E-state index in [0.717, 1.165) is 26.2 Å². The maximum absolute atomic E-state index is 12.7. The zero-order valence-corrected chi connectivity index (χ0v) is 17.1. The number of aryl methyl sites for hydroxylation is 1. The molecule has 10 heteroatoms. The quantitative estimate of drug-likeness (QED) is 0.347. The fraction of sp³-hybridized carbons (Fsp3) is 0.167. The average molecular weight is 431 g/mol. The molecule has 2 aromatic heterocycles. The summed E-state index contributed by atoms with van der Waals surface area (Å²) in [5.74, 6) is 0.436. The highest BCUT2D eigenvalue weighted by molar-refractivity contribution is 7.98. The predicted octanol–water partition coefficient (Wildman–Crippen LogP) is 4.32. The number of thioether (sulfide) groups is 1. The van der Waals surface area contributed by atoms with Crippen molar-refractivity contribution >= 4 is 66.5 Å². The normalized spacial score (nSPS) is 12.1. The van der Waals surface area contributed by atoms with Crippen LogP contribution in [0.5, 0.6) is 0 Å². The van der Waals surface area contributed by atoms with Crippen molar-refractivity contribution in [1.82, 2.24) is 9.55 Å². The Morgan fingerprint density at radius 1 is 1.25 bits per heavy atom. The van der Waals surface area contributed by atoms with Crippen LogP contribution >= 0.6 is 34.4 Å². The Bertz CT molecular complexity index is 1240. The van der Waals surface area contributed by atoms with Gasteiger partial charge in [0.2, 0.25) is 0 Å². The molecule has 0 N–H and O–H groups in total. The molecule has 0 aliphatic carbocycles. The molecule has 1 amide bonds. The first-order valence-electron chi connectivity index (χ1n) is 8.28. The number of benzene rings is 2. The molecule has 0 saturated carbocycles. The summed E-state index contributed by atoms with van der Waals surface area (Å²) in [5.41, 5.74) is 1.63. The molecule has 4 rings (SSSR count). The van der Waals surface area contributed by atoms with E-state index in [2.05, 4.69) is 9.98 Å². The number of rotatable bonds is 5. The van der Waals surface area contributed by atoms with Crippen molar-refractivity contribution in [2.45, 2.75) is 6.54 Å². The van der Waals surface area contributed by atoms with E-state index in [1.165, 1.54) is 34.8 Å². The molecule has 142 valence electrons. The van der Waals surface area contributed by atoms with Gasteiger partial charge in [0, 0.05) is 24.4 Å². The number of thiazole rings is 2. The Labute approximate surface area is 171 Å². The molecule has 0 aliphatic heterocycles. The van der Waals surface area contributed by atoms with Crippen LogP contribution in [0.25, 0.3) is 20.4 Å². The van der Waals surface area contributed by atoms with E-state index in [-0.39, 0.29) is 5.69 Å². The van der Waals surface area contributed by atoms with Crippen LogP contribution in [0.15, 0.2) is 47.5 Å². The molecule has 0 spiro atoms. The number of carbonyl (C=O) groups is 1. The second-order valence-electron chi connectivity index (χ2n) is 5.84. The van der Waals surface area contributed by atoms with E-state index in [9.17, 15) is 14.9 Å². The minimum absolute atomic E-state index is 0.0230. The largest absolute Gasteiger partial charge is 0.315 e. The average Bonchev–Trinajstić information content (AvgIpc) is 3.27. The summed E-state index contributed by atoms with van der Waals surface area (Å²) < 4.78 is 3.60. The molecular formula is C18H14N4O3S3. The van der Waals surface area contributed by atoms with Crippen molar-refractivity contribution in [3.8, 4) is 0 Å². The SMILES string of the molecule is CSCCn1c(=NC(=O)c2nc3ccccc3s2)sc2cc([N+](=O)[O-])ccc21. The maximum atomic E-state index is 12.7. The zero-order chi connectivity index (χ0) is 19.7. The van der Waals surface area contributed by atoms with Crippen LogP contribution in [0, 0.1) is 10.1 Å². The van der Waals surface area contributed by atoms with Gasteiger partial charge < -0.3 is 4.57 Å². The first-order valence-corrected chi connectivity index (χ1v) is 11.3. The van der Waals surface area contributed by atoms with Gasteiger partial charge in [-0.25, -0.2) is 4.98 Å². The van der Waals surface area contributed by atoms with Crippen LogP contribution < -0.4 is 4.80 Å². The highest BCUT2D eigenvalue weighted by atomic mass is 32.2. The summed E-state index contributed by atoms with van der Waals surface area (Å²) in [5, 5.41) is 11.4. The number of nitro benzene ring substituents is 1. The Kier molecular flexibility index (Phi) is 5.25. The molecule has 0 saturated heterocycles. The molecule has 0 atom stereocenters. The van der Waals surface area contributed by atoms with Crippen LogP contribution in [0.1, 0.15) is 9.80 Å². The number of carbonyl (C=O) groups excluding carboxylic acids is 1. The second-order valence-corrected chi connectivity index (χ2v) is 8.87. The lowest BCUT2D eigenvalue weighted by molar-refractivity contribution is -0.384. The molecule has 0 unspecified atom stereocenters. The number of fused-ring (bicyclic) bond motifs is 2. The fourth-order valence-electron chi connectivity index (χ4n) is 2.76. The van der Waals surface area contributed by atoms with Crippen LogP contribution in [0.4, 0.5) is 5.69 Å². The molecule has 2 heterocycles. The summed E-state index contributed by atoms with van der Waals surface area (Å²) >= 11 is 4.27. The zero-order valence-electron chi connectivity index (χ0n) is 14.7. The number of nitro groups is 1. The standard InChI is InChI=1S/C18H14N4O3S3/c1-26-9-8-21-13-7-6-11(22(24)25)10-15(13)28-18(21)20-16(23)17-19-12-4-2-3-5-14(12)27-17/h2-7,10H,8-9H2,1H3. The van der Waals surface area contributed by atoms with Crippen LogP contribution in [0.2, 0.25) is 0 Å². The van der Waals surface area contributed by atoms with Crippen molar-refractivity contribution in [3.05, 3.63) is 62.4 Å². The highest BCUT2D eigenvalue weighted by Gasteiger charge is 2.15. The van der Waals surface area contributed by atoms with Gasteiger partial charge in [-0.15, -0.1) is 11.3 Å². The number of aromatic nitrogens is 2. The first kappa shape index (κ1) is 18.8. The number of hydrogen-bond donors (Lipinski definition) is 0. The Balaban J connectivity index is 1.82. The van der Waals surface area contributed by atoms with Crippen LogP contribution in [0.3, 0.4) is 0 Å². The van der Waals surface area contributed by atoms with Crippen molar-refractivity contribution in [3.63, 3.8) is 0 Å². The summed E-state index contributed by atoms with van der Waals surface area (Å²) in [6.45, 7) is 0.658. The van der Waals surface area contributed by atoms with Crippen molar-refractivity contribution in [2.24, 2.45) is 4.99 Å². The summed E-state index contributed by atoms with van der Waals surface area (Å²) in [6, 6.07) is 12.3. The lowest BCUT2D eigenvalue weighted by Crippen LogP contribution is -2.18. The molecular weight excluding hydrogens is 416 g/mol. The smallest absolute Gasteiger partial charge is 0.308 e. The van der Waals surface area contributed by atoms with Gasteiger partial charge >= 0.3 is 5.91 Å². The molecule has 28 heavy (non-hydrogen) atoms. The fourth-order valence-corrected chi connectivity index (χ4v) is 5.06. The third kappa shape index (κ3) is 3.58. The molecule has 2 aromatic carbocycles. The van der Waals surface area contributed by atoms with Crippen LogP contribution in [-0.2, 0) is 6.54 Å². The minimum atomic E-state index is -0.422. The number of para-hydroxylation sites is 1. The number of nitrogens with zero attached hydrogens (tertiary/aromatic N) is 4. The van der Waals surface area contributed by atoms with E-state index in [1.807, 2.05) is 35.1 Å². The van der Waals surface area contributed by atoms with Gasteiger partial charge in [0.25, 0.3) is 5.69 Å². The molecule has 4 aromatic rings. The van der Waals surface area contributed by atoms with E-state index >= 15 is 0 Å². The number of non-ortho nitro benzene ring substituents is 1. The van der Waals surface area contributed by atoms with Crippen molar-refractivity contribution < 1.29 is 9.72 Å². The third-order valence-corrected chi connectivity index (χ3v) is 6.73. The molecule has 0 fully saturated rings. The van der Waals surface area contributed by atoms with E-state index < -0.39 is 10.8 Å². The van der Waals surface area contributed by atoms with E-state index in [0.29, 0.717) is 16.4 Å². The van der Waals surface area contributed by atoms with Gasteiger partial charge in [0.05, 0.1) is 25.4 Å². The van der Waals surface area contributed by atoms with Crippen molar-refractivity contribution in [2.75, 3.05) is 12.0 Å². The Morgan fingerprint density at radius 3 is 2.82 bits per heavy atom.